The molecule has 64 heavy (non-hydrogen) atoms. The Bertz CT molecular complexity index is 2670. The third-order valence-electron chi connectivity index (χ3n) is 13.2. The molecule has 15 heteroatoms. The Morgan fingerprint density at radius 3 is 2.30 bits per heavy atom. The van der Waals surface area contributed by atoms with Crippen molar-refractivity contribution >= 4 is 40.3 Å². The molecule has 14 nitrogen and oxygen atoms in total. The first-order valence-corrected chi connectivity index (χ1v) is 22.3. The number of aryl methyl sites for hydroxylation is 1. The van der Waals surface area contributed by atoms with Crippen LogP contribution in [0.4, 0.5) is 20.6 Å². The topological polar surface area (TPSA) is 165 Å². The molecule has 4 amide bonds. The number of pyridine rings is 1. The van der Waals surface area contributed by atoms with Gasteiger partial charge in [-0.1, -0.05) is 62.3 Å². The van der Waals surface area contributed by atoms with Gasteiger partial charge in [-0.2, -0.15) is 10.1 Å². The molecule has 3 aromatic carbocycles. The molecule has 1 atom stereocenters. The number of aromatic amines is 1. The summed E-state index contributed by atoms with van der Waals surface area (Å²) in [5.41, 5.74) is 7.13. The van der Waals surface area contributed by atoms with Gasteiger partial charge in [-0.3, -0.25) is 24.9 Å². The number of urea groups is 1. The molecule has 3 aliphatic rings. The predicted molar refractivity (Wildman–Crippen MR) is 244 cm³/mol. The molecule has 3 N–H and O–H groups in total. The average Bonchev–Trinajstić information content (AvgIpc) is 3.97. The number of rotatable bonds is 10. The van der Waals surface area contributed by atoms with Crippen LogP contribution in [0.1, 0.15) is 99.0 Å². The molecular weight excluding hydrogens is 812 g/mol. The van der Waals surface area contributed by atoms with Crippen LogP contribution in [-0.4, -0.2) is 87.3 Å². The van der Waals surface area contributed by atoms with E-state index < -0.39 is 11.6 Å². The lowest BCUT2D eigenvalue weighted by Crippen LogP contribution is -2.49. The fourth-order valence-electron chi connectivity index (χ4n) is 9.28. The number of nitrogens with one attached hydrogen (secondary N) is 3. The van der Waals surface area contributed by atoms with Gasteiger partial charge < -0.3 is 19.6 Å². The Hall–Kier alpha value is -6.48. The Labute approximate surface area is 372 Å². The Balaban J connectivity index is 0.782. The fraction of sp³-hybridized carbons (Fsp3) is 0.408. The van der Waals surface area contributed by atoms with E-state index in [1.807, 2.05) is 83.1 Å². The van der Waals surface area contributed by atoms with Gasteiger partial charge in [0.15, 0.2) is 11.5 Å². The Kier molecular flexibility index (Phi) is 11.5. The molecular formula is C49H55FN10O4. The summed E-state index contributed by atoms with van der Waals surface area (Å²) in [6.45, 7) is 14.6. The lowest BCUT2D eigenvalue weighted by molar-refractivity contribution is -0.120. The number of halogens is 1. The first-order valence-electron chi connectivity index (χ1n) is 22.3. The number of H-pyrrole nitrogens is 1. The van der Waals surface area contributed by atoms with Crippen molar-refractivity contribution in [1.29, 1.82) is 0 Å². The second kappa shape index (κ2) is 17.2. The second-order valence-electron chi connectivity index (χ2n) is 18.7. The molecule has 0 unspecified atom stereocenters. The number of imide groups is 1. The first-order chi connectivity index (χ1) is 30.7. The number of aromatic nitrogens is 5. The van der Waals surface area contributed by atoms with Crippen LogP contribution in [0.2, 0.25) is 0 Å². The van der Waals surface area contributed by atoms with E-state index in [9.17, 15) is 14.4 Å². The molecule has 0 saturated carbocycles. The van der Waals surface area contributed by atoms with E-state index in [1.54, 1.807) is 11.1 Å². The number of benzene rings is 3. The maximum Gasteiger partial charge on any atom is 0.328 e. The average molecular weight is 867 g/mol. The normalized spacial score (nSPS) is 18.0. The summed E-state index contributed by atoms with van der Waals surface area (Å²) in [6.07, 6.45) is 5.19. The monoisotopic (exact) mass is 866 g/mol. The fourth-order valence-corrected chi connectivity index (χ4v) is 9.28. The summed E-state index contributed by atoms with van der Waals surface area (Å²) in [6, 6.07) is 23.3. The lowest BCUT2D eigenvalue weighted by atomic mass is 9.84. The molecule has 3 aromatic heterocycles. The van der Waals surface area contributed by atoms with E-state index >= 15 is 4.39 Å². The highest BCUT2D eigenvalue weighted by molar-refractivity contribution is 6.05. The van der Waals surface area contributed by atoms with Crippen molar-refractivity contribution in [3.63, 3.8) is 0 Å². The summed E-state index contributed by atoms with van der Waals surface area (Å²) in [7, 11) is 0. The predicted octanol–water partition coefficient (Wildman–Crippen LogP) is 8.40. The largest absolute Gasteiger partial charge is 0.372 e. The molecule has 3 fully saturated rings. The first kappa shape index (κ1) is 42.8. The number of fused-ring (bicyclic) bond motifs is 1. The third-order valence-corrected chi connectivity index (χ3v) is 13.2. The van der Waals surface area contributed by atoms with E-state index in [1.165, 1.54) is 0 Å². The molecule has 0 bridgehead atoms. The summed E-state index contributed by atoms with van der Waals surface area (Å²) in [5.74, 6) is 0.321. The SMILES string of the molecule is Cc1cc(-c2[nH]nc3ncc(-c4ccc(C5(F)CCN(CC6CCN(c7ccc(N8CCC(=O)NC8=O)cc7)CC6)CC5)cc4)cc23)ccc1[C@@H](C)NC(=O)c1nc(C(C)(C)C)no1. The number of anilines is 2. The molecule has 6 heterocycles. The minimum atomic E-state index is -1.37. The minimum absolute atomic E-state index is 0.0618. The molecule has 9 rings (SSSR count). The highest BCUT2D eigenvalue weighted by Crippen LogP contribution is 2.39. The van der Waals surface area contributed by atoms with Crippen LogP contribution in [0.5, 0.6) is 0 Å². The van der Waals surface area contributed by atoms with Crippen molar-refractivity contribution in [2.45, 2.75) is 83.8 Å². The van der Waals surface area contributed by atoms with Crippen LogP contribution < -0.4 is 20.4 Å². The number of hydrogen-bond acceptors (Lipinski definition) is 10. The zero-order valence-corrected chi connectivity index (χ0v) is 37.1. The van der Waals surface area contributed by atoms with Gasteiger partial charge in [0.25, 0.3) is 0 Å². The number of likely N-dealkylation sites (tertiary alicyclic amines) is 1. The van der Waals surface area contributed by atoms with Crippen molar-refractivity contribution in [3.8, 4) is 22.4 Å². The number of carbonyl (C=O) groups is 3. The van der Waals surface area contributed by atoms with Gasteiger partial charge in [0, 0.05) is 85.2 Å². The lowest BCUT2D eigenvalue weighted by Gasteiger charge is -2.40. The number of carbonyl (C=O) groups excluding carboxylic acids is 3. The van der Waals surface area contributed by atoms with Crippen LogP contribution in [0.3, 0.4) is 0 Å². The van der Waals surface area contributed by atoms with Gasteiger partial charge in [0.1, 0.15) is 5.67 Å². The summed E-state index contributed by atoms with van der Waals surface area (Å²) < 4.78 is 21.8. The molecule has 3 saturated heterocycles. The smallest absolute Gasteiger partial charge is 0.328 e. The van der Waals surface area contributed by atoms with Crippen molar-refractivity contribution in [2.75, 3.05) is 49.1 Å². The zero-order valence-electron chi connectivity index (χ0n) is 37.1. The van der Waals surface area contributed by atoms with E-state index in [2.05, 4.69) is 70.0 Å². The highest BCUT2D eigenvalue weighted by Gasteiger charge is 2.37. The maximum absolute atomic E-state index is 16.6. The van der Waals surface area contributed by atoms with Crippen molar-refractivity contribution in [1.82, 2.24) is 40.9 Å². The van der Waals surface area contributed by atoms with Gasteiger partial charge >= 0.3 is 17.8 Å². The summed E-state index contributed by atoms with van der Waals surface area (Å²) in [5, 5.41) is 17.9. The van der Waals surface area contributed by atoms with Gasteiger partial charge in [0.2, 0.25) is 5.91 Å². The number of nitrogens with zero attached hydrogens (tertiary/aromatic N) is 7. The number of alkyl halides is 1. The molecule has 0 spiro atoms. The summed E-state index contributed by atoms with van der Waals surface area (Å²) in [4.78, 5) is 52.1. The van der Waals surface area contributed by atoms with E-state index in [4.69, 9.17) is 4.52 Å². The second-order valence-corrected chi connectivity index (χ2v) is 18.7. The van der Waals surface area contributed by atoms with Crippen LogP contribution in [0.15, 0.2) is 83.5 Å². The van der Waals surface area contributed by atoms with E-state index in [-0.39, 0.29) is 29.3 Å². The quantitative estimate of drug-likeness (QED) is 0.122. The number of piperidine rings is 2. The third kappa shape index (κ3) is 8.85. The van der Waals surface area contributed by atoms with Crippen molar-refractivity contribution in [2.24, 2.45) is 5.92 Å². The minimum Gasteiger partial charge on any atom is -0.372 e. The number of hydrogen-bond donors (Lipinski definition) is 3. The summed E-state index contributed by atoms with van der Waals surface area (Å²) >= 11 is 0. The highest BCUT2D eigenvalue weighted by atomic mass is 19.1. The van der Waals surface area contributed by atoms with Gasteiger partial charge in [-0.05, 0) is 104 Å². The van der Waals surface area contributed by atoms with Crippen LogP contribution in [-0.2, 0) is 15.9 Å². The molecule has 0 aliphatic carbocycles. The Morgan fingerprint density at radius 1 is 0.922 bits per heavy atom. The molecule has 6 aromatic rings. The molecule has 0 radical (unpaired) electrons. The maximum atomic E-state index is 16.6. The Morgan fingerprint density at radius 2 is 1.62 bits per heavy atom. The van der Waals surface area contributed by atoms with Crippen LogP contribution in [0.25, 0.3) is 33.4 Å². The van der Waals surface area contributed by atoms with Crippen molar-refractivity contribution in [3.05, 3.63) is 107 Å². The molecule has 3 aliphatic heterocycles. The van der Waals surface area contributed by atoms with E-state index in [0.29, 0.717) is 43.2 Å². The van der Waals surface area contributed by atoms with Gasteiger partial charge in [0.05, 0.1) is 11.7 Å². The van der Waals surface area contributed by atoms with Gasteiger partial charge in [-0.15, -0.1) is 0 Å². The van der Waals surface area contributed by atoms with Crippen molar-refractivity contribution < 1.29 is 23.3 Å². The zero-order chi connectivity index (χ0) is 44.8. The van der Waals surface area contributed by atoms with Crippen LogP contribution >= 0.6 is 0 Å². The number of amides is 4. The molecule has 332 valence electrons. The standard InChI is InChI=1S/C49H55FN10O4/c1-30-26-34(8-15-39(30)31(2)52-44(62)45-54-46(57-64-45)48(3,4)5)42-40-27-35(28-51-43(40)56-55-42)33-6-9-36(10-7-33)49(50)19-24-58(25-20-49)29-32-16-21-59(22-17-32)37-11-13-38(14-12-37)60-23-18-41(61)53-47(60)63/h6-15,26-28,31-32H,16-25,29H2,1-5H3,(H,52,62)(H,51,55,56)(H,53,61,63)/t31-/m1/s1. The van der Waals surface area contributed by atoms with E-state index in [0.717, 1.165) is 101 Å². The van der Waals surface area contributed by atoms with Crippen LogP contribution in [0, 0.1) is 12.8 Å². The van der Waals surface area contributed by atoms with Gasteiger partial charge in [-0.25, -0.2) is 14.2 Å².